The van der Waals surface area contributed by atoms with Gasteiger partial charge in [0.1, 0.15) is 0 Å². The molecule has 7 heteroatoms. The average Bonchev–Trinajstić information content (AvgIpc) is 3.10. The van der Waals surface area contributed by atoms with Crippen LogP contribution in [-0.4, -0.2) is 27.8 Å². The summed E-state index contributed by atoms with van der Waals surface area (Å²) in [6.45, 7) is 3.57. The molecule has 1 aliphatic rings. The Hall–Kier alpha value is -1.47. The molecule has 0 aliphatic heterocycles. The maximum atomic E-state index is 11.6. The lowest BCUT2D eigenvalue weighted by molar-refractivity contribution is -0.129. The summed E-state index contributed by atoms with van der Waals surface area (Å²) in [5.41, 5.74) is 1.71. The van der Waals surface area contributed by atoms with Crippen molar-refractivity contribution in [3.63, 3.8) is 0 Å². The minimum Gasteiger partial charge on any atom is -0.339 e. The van der Waals surface area contributed by atoms with Crippen LogP contribution in [0.2, 0.25) is 0 Å². The van der Waals surface area contributed by atoms with Crippen LogP contribution in [0.3, 0.4) is 0 Å². The maximum absolute atomic E-state index is 11.6. The zero-order valence-electron chi connectivity index (χ0n) is 15.3. The van der Waals surface area contributed by atoms with Crippen molar-refractivity contribution in [3.8, 4) is 0 Å². The summed E-state index contributed by atoms with van der Waals surface area (Å²) in [5.74, 6) is 1.39. The Kier molecular flexibility index (Phi) is 8.90. The molecule has 1 amide bonds. The van der Waals surface area contributed by atoms with E-state index in [-0.39, 0.29) is 12.3 Å². The molecule has 1 aromatic rings. The van der Waals surface area contributed by atoms with Gasteiger partial charge in [0.05, 0.1) is 6.54 Å². The van der Waals surface area contributed by atoms with Crippen molar-refractivity contribution in [2.75, 3.05) is 6.54 Å². The predicted octanol–water partition coefficient (Wildman–Crippen LogP) is 3.30. The number of carbonyl (C=O) groups excluding carboxylic acids is 1. The van der Waals surface area contributed by atoms with Crippen molar-refractivity contribution in [1.82, 2.24) is 20.9 Å². The van der Waals surface area contributed by atoms with E-state index in [0.29, 0.717) is 18.3 Å². The summed E-state index contributed by atoms with van der Waals surface area (Å²) < 4.78 is 5.38. The SMILES string of the molecule is CCCNCc1noc([C@H](CCCC2CCCCC2)CC(=O)NO)n1. The molecule has 1 fully saturated rings. The average molecular weight is 352 g/mol. The van der Waals surface area contributed by atoms with E-state index in [0.717, 1.165) is 31.7 Å². The van der Waals surface area contributed by atoms with Crippen LogP contribution in [0, 0.1) is 5.92 Å². The third-order valence-corrected chi connectivity index (χ3v) is 4.99. The van der Waals surface area contributed by atoms with Crippen molar-refractivity contribution >= 4 is 5.91 Å². The molecule has 3 N–H and O–H groups in total. The normalized spacial score (nSPS) is 16.7. The Morgan fingerprint density at radius 2 is 2.16 bits per heavy atom. The molecule has 142 valence electrons. The second-order valence-electron chi connectivity index (χ2n) is 7.10. The van der Waals surface area contributed by atoms with Crippen LogP contribution < -0.4 is 10.8 Å². The Bertz CT molecular complexity index is 500. The number of carbonyl (C=O) groups is 1. The van der Waals surface area contributed by atoms with E-state index in [2.05, 4.69) is 22.4 Å². The Balaban J connectivity index is 1.86. The van der Waals surface area contributed by atoms with Crippen molar-refractivity contribution in [2.24, 2.45) is 5.92 Å². The van der Waals surface area contributed by atoms with E-state index in [1.807, 2.05) is 0 Å². The number of hydroxylamine groups is 1. The van der Waals surface area contributed by atoms with Crippen LogP contribution >= 0.6 is 0 Å². The number of rotatable bonds is 11. The van der Waals surface area contributed by atoms with Crippen LogP contribution in [0.5, 0.6) is 0 Å². The molecule has 2 rings (SSSR count). The highest BCUT2D eigenvalue weighted by Crippen LogP contribution is 2.31. The summed E-state index contributed by atoms with van der Waals surface area (Å²) in [7, 11) is 0. The third kappa shape index (κ3) is 7.12. The van der Waals surface area contributed by atoms with Crippen LogP contribution in [0.15, 0.2) is 4.52 Å². The van der Waals surface area contributed by atoms with Gasteiger partial charge in [0.25, 0.3) is 0 Å². The first-order chi connectivity index (χ1) is 12.2. The number of hydrogen-bond donors (Lipinski definition) is 3. The predicted molar refractivity (Wildman–Crippen MR) is 94.0 cm³/mol. The highest BCUT2D eigenvalue weighted by atomic mass is 16.5. The molecule has 0 radical (unpaired) electrons. The van der Waals surface area contributed by atoms with Crippen molar-refractivity contribution in [1.29, 1.82) is 0 Å². The van der Waals surface area contributed by atoms with Gasteiger partial charge < -0.3 is 9.84 Å². The van der Waals surface area contributed by atoms with Gasteiger partial charge in [0.15, 0.2) is 5.82 Å². The molecule has 0 bridgehead atoms. The van der Waals surface area contributed by atoms with Crippen molar-refractivity contribution in [2.45, 2.75) is 83.6 Å². The summed E-state index contributed by atoms with van der Waals surface area (Å²) >= 11 is 0. The number of hydrogen-bond acceptors (Lipinski definition) is 6. The maximum Gasteiger partial charge on any atom is 0.244 e. The Morgan fingerprint density at radius 1 is 1.36 bits per heavy atom. The molecule has 25 heavy (non-hydrogen) atoms. The molecule has 1 saturated carbocycles. The molecular weight excluding hydrogens is 320 g/mol. The van der Waals surface area contributed by atoms with Gasteiger partial charge in [0.2, 0.25) is 11.8 Å². The molecule has 1 aliphatic carbocycles. The quantitative estimate of drug-likeness (QED) is 0.321. The zero-order chi connectivity index (χ0) is 17.9. The van der Waals surface area contributed by atoms with E-state index in [1.54, 1.807) is 5.48 Å². The summed E-state index contributed by atoms with van der Waals surface area (Å²) in [5, 5.41) is 16.1. The van der Waals surface area contributed by atoms with Crippen LogP contribution in [0.25, 0.3) is 0 Å². The molecule has 0 unspecified atom stereocenters. The van der Waals surface area contributed by atoms with Gasteiger partial charge in [-0.3, -0.25) is 10.0 Å². The standard InChI is InChI=1S/C18H32N4O3/c1-2-11-19-13-16-20-18(25-22-16)15(12-17(23)21-24)10-6-9-14-7-4-3-5-8-14/h14-15,19,24H,2-13H2,1H3,(H,21,23)/t15-/m1/s1. The fraction of sp³-hybridized carbons (Fsp3) is 0.833. The fourth-order valence-electron chi connectivity index (χ4n) is 3.59. The van der Waals surface area contributed by atoms with Crippen molar-refractivity contribution in [3.05, 3.63) is 11.7 Å². The highest BCUT2D eigenvalue weighted by molar-refractivity contribution is 5.75. The van der Waals surface area contributed by atoms with Gasteiger partial charge in [-0.1, -0.05) is 57.0 Å². The van der Waals surface area contributed by atoms with Crippen LogP contribution in [0.4, 0.5) is 0 Å². The number of nitrogens with zero attached hydrogens (tertiary/aromatic N) is 2. The van der Waals surface area contributed by atoms with Gasteiger partial charge in [-0.15, -0.1) is 0 Å². The van der Waals surface area contributed by atoms with E-state index < -0.39 is 5.91 Å². The molecule has 0 spiro atoms. The molecule has 0 aromatic carbocycles. The summed E-state index contributed by atoms with van der Waals surface area (Å²) in [4.78, 5) is 16.0. The van der Waals surface area contributed by atoms with Gasteiger partial charge in [0, 0.05) is 12.3 Å². The van der Waals surface area contributed by atoms with Crippen LogP contribution in [0.1, 0.15) is 88.8 Å². The lowest BCUT2D eigenvalue weighted by Crippen LogP contribution is -2.21. The second-order valence-corrected chi connectivity index (χ2v) is 7.10. The lowest BCUT2D eigenvalue weighted by Gasteiger charge is -2.22. The number of amides is 1. The van der Waals surface area contributed by atoms with Gasteiger partial charge in [-0.05, 0) is 25.3 Å². The minimum atomic E-state index is -0.411. The molecule has 0 saturated heterocycles. The summed E-state index contributed by atoms with van der Waals surface area (Å²) in [6, 6.07) is 0. The van der Waals surface area contributed by atoms with Gasteiger partial charge in [-0.25, -0.2) is 5.48 Å². The first kappa shape index (κ1) is 19.8. The smallest absolute Gasteiger partial charge is 0.244 e. The first-order valence-electron chi connectivity index (χ1n) is 9.69. The Labute approximate surface area is 149 Å². The van der Waals surface area contributed by atoms with E-state index in [9.17, 15) is 4.79 Å². The monoisotopic (exact) mass is 352 g/mol. The Morgan fingerprint density at radius 3 is 2.88 bits per heavy atom. The van der Waals surface area contributed by atoms with Crippen molar-refractivity contribution < 1.29 is 14.5 Å². The highest BCUT2D eigenvalue weighted by Gasteiger charge is 2.23. The second kappa shape index (κ2) is 11.2. The summed E-state index contributed by atoms with van der Waals surface area (Å²) in [6.07, 6.45) is 11.0. The van der Waals surface area contributed by atoms with Gasteiger partial charge >= 0.3 is 0 Å². The molecular formula is C18H32N4O3. The van der Waals surface area contributed by atoms with Gasteiger partial charge in [-0.2, -0.15) is 4.98 Å². The number of aromatic nitrogens is 2. The molecule has 1 heterocycles. The lowest BCUT2D eigenvalue weighted by atomic mass is 9.84. The molecule has 7 nitrogen and oxygen atoms in total. The van der Waals surface area contributed by atoms with E-state index in [1.165, 1.54) is 38.5 Å². The number of nitrogens with one attached hydrogen (secondary N) is 2. The van der Waals surface area contributed by atoms with Crippen LogP contribution in [-0.2, 0) is 11.3 Å². The molecule has 1 aromatic heterocycles. The molecule has 1 atom stereocenters. The zero-order valence-corrected chi connectivity index (χ0v) is 15.3. The minimum absolute atomic E-state index is 0.136. The topological polar surface area (TPSA) is 100 Å². The third-order valence-electron chi connectivity index (χ3n) is 4.99. The largest absolute Gasteiger partial charge is 0.339 e. The first-order valence-corrected chi connectivity index (χ1v) is 9.69. The van der Waals surface area contributed by atoms with E-state index >= 15 is 0 Å². The van der Waals surface area contributed by atoms with E-state index in [4.69, 9.17) is 9.73 Å². The fourth-order valence-corrected chi connectivity index (χ4v) is 3.59.